The molecule has 0 spiro atoms. The topological polar surface area (TPSA) is 35.7 Å². The van der Waals surface area contributed by atoms with Crippen LogP contribution in [0.5, 0.6) is 5.75 Å². The van der Waals surface area contributed by atoms with Crippen molar-refractivity contribution in [2.75, 3.05) is 13.1 Å². The second-order valence-electron chi connectivity index (χ2n) is 6.66. The van der Waals surface area contributed by atoms with E-state index >= 15 is 0 Å². The Morgan fingerprint density at radius 1 is 1.04 bits per heavy atom. The molecular formula is C20H21F2N2O2+. The molecule has 0 bridgehead atoms. The van der Waals surface area contributed by atoms with Crippen LogP contribution in [0.15, 0.2) is 54.6 Å². The number of nitrogens with zero attached hydrogens (tertiary/aromatic N) is 2. The van der Waals surface area contributed by atoms with Gasteiger partial charge in [-0.3, -0.25) is 0 Å². The Morgan fingerprint density at radius 2 is 1.77 bits per heavy atom. The number of benzene rings is 2. The molecule has 4 nitrogen and oxygen atoms in total. The van der Waals surface area contributed by atoms with Gasteiger partial charge in [-0.25, -0.2) is 0 Å². The number of halogens is 2. The number of hydrogen-bond donors (Lipinski definition) is 1. The Bertz CT molecular complexity index is 808. The van der Waals surface area contributed by atoms with Crippen LogP contribution in [0, 0.1) is 0 Å². The summed E-state index contributed by atoms with van der Waals surface area (Å²) in [4.78, 5) is 0. The van der Waals surface area contributed by atoms with Crippen molar-refractivity contribution in [2.24, 2.45) is 0 Å². The molecule has 1 fully saturated rings. The third kappa shape index (κ3) is 2.94. The third-order valence-electron chi connectivity index (χ3n) is 5.08. The van der Waals surface area contributed by atoms with Gasteiger partial charge in [0.1, 0.15) is 5.75 Å². The van der Waals surface area contributed by atoms with Crippen LogP contribution >= 0.6 is 0 Å². The van der Waals surface area contributed by atoms with E-state index in [9.17, 15) is 13.9 Å². The van der Waals surface area contributed by atoms with Gasteiger partial charge >= 0.3 is 6.61 Å². The molecule has 26 heavy (non-hydrogen) atoms. The highest BCUT2D eigenvalue weighted by atomic mass is 19.3. The summed E-state index contributed by atoms with van der Waals surface area (Å²) < 4.78 is 31.3. The number of hydrazone groups is 1. The predicted molar refractivity (Wildman–Crippen MR) is 93.2 cm³/mol. The van der Waals surface area contributed by atoms with Crippen LogP contribution in [0.3, 0.4) is 0 Å². The molecule has 0 saturated carbocycles. The number of aliphatic hydroxyl groups is 1. The zero-order chi connectivity index (χ0) is 18.1. The van der Waals surface area contributed by atoms with E-state index in [1.807, 2.05) is 35.3 Å². The molecule has 2 aliphatic rings. The summed E-state index contributed by atoms with van der Waals surface area (Å²) in [5.41, 5.74) is 1.67. The van der Waals surface area contributed by atoms with Crippen molar-refractivity contribution in [3.63, 3.8) is 0 Å². The molecule has 2 aromatic carbocycles. The second kappa shape index (κ2) is 6.68. The SMILES string of the molecule is OC1(c2ccc(OC(F)F)cc2)CC(c2ccccc2)=[N+]2CCCCN21. The molecule has 0 amide bonds. The lowest BCUT2D eigenvalue weighted by molar-refractivity contribution is -0.717. The van der Waals surface area contributed by atoms with E-state index in [-0.39, 0.29) is 5.75 Å². The van der Waals surface area contributed by atoms with Crippen molar-refractivity contribution in [1.82, 2.24) is 5.01 Å². The molecular weight excluding hydrogens is 338 g/mol. The fourth-order valence-electron chi connectivity index (χ4n) is 3.88. The average Bonchev–Trinajstić information content (AvgIpc) is 2.97. The molecule has 1 unspecified atom stereocenters. The second-order valence-corrected chi connectivity index (χ2v) is 6.66. The maximum atomic E-state index is 12.4. The molecule has 1 atom stereocenters. The number of hydrazine groups is 1. The van der Waals surface area contributed by atoms with Crippen LogP contribution in [0.2, 0.25) is 0 Å². The van der Waals surface area contributed by atoms with Gasteiger partial charge in [-0.1, -0.05) is 30.3 Å². The van der Waals surface area contributed by atoms with E-state index in [2.05, 4.69) is 9.42 Å². The standard InChI is InChI=1S/C20H21F2N2O2/c21-19(22)26-17-10-8-16(9-11-17)20(25)14-18(15-6-2-1-3-7-15)23-12-4-5-13-24(20)23/h1-3,6-11,19,25H,4-5,12-14H2/q+1. The zero-order valence-corrected chi connectivity index (χ0v) is 14.3. The number of rotatable bonds is 4. The first-order chi connectivity index (χ1) is 12.6. The molecule has 0 aromatic heterocycles. The van der Waals surface area contributed by atoms with Gasteiger partial charge in [-0.15, -0.1) is 9.69 Å². The summed E-state index contributed by atoms with van der Waals surface area (Å²) in [5, 5.41) is 13.5. The summed E-state index contributed by atoms with van der Waals surface area (Å²) in [6.07, 6.45) is 2.53. The van der Waals surface area contributed by atoms with Crippen LogP contribution < -0.4 is 4.74 Å². The first-order valence-electron chi connectivity index (χ1n) is 8.82. The molecule has 1 N–H and O–H groups in total. The van der Waals surface area contributed by atoms with Gasteiger partial charge in [0.05, 0.1) is 13.0 Å². The number of alkyl halides is 2. The van der Waals surface area contributed by atoms with Gasteiger partial charge in [-0.2, -0.15) is 8.78 Å². The van der Waals surface area contributed by atoms with Gasteiger partial charge < -0.3 is 9.84 Å². The lowest BCUT2D eigenvalue weighted by Gasteiger charge is -2.33. The predicted octanol–water partition coefficient (Wildman–Crippen LogP) is 3.35. The van der Waals surface area contributed by atoms with Crippen molar-refractivity contribution in [2.45, 2.75) is 31.6 Å². The summed E-state index contributed by atoms with van der Waals surface area (Å²) >= 11 is 0. The van der Waals surface area contributed by atoms with E-state index in [4.69, 9.17) is 0 Å². The van der Waals surface area contributed by atoms with Crippen molar-refractivity contribution in [1.29, 1.82) is 0 Å². The average molecular weight is 359 g/mol. The summed E-state index contributed by atoms with van der Waals surface area (Å²) in [7, 11) is 0. The van der Waals surface area contributed by atoms with Crippen LogP contribution in [0.25, 0.3) is 0 Å². The Hall–Kier alpha value is -2.47. The molecule has 136 valence electrons. The largest absolute Gasteiger partial charge is 0.435 e. The van der Waals surface area contributed by atoms with Gasteiger partial charge in [-0.05, 0) is 30.7 Å². The lowest BCUT2D eigenvalue weighted by Crippen LogP contribution is -2.49. The number of ether oxygens (including phenoxy) is 1. The first kappa shape index (κ1) is 17.0. The molecule has 0 aliphatic carbocycles. The Balaban J connectivity index is 1.68. The highest BCUT2D eigenvalue weighted by Crippen LogP contribution is 2.38. The van der Waals surface area contributed by atoms with Crippen molar-refractivity contribution >= 4 is 5.71 Å². The lowest BCUT2D eigenvalue weighted by atomic mass is 9.94. The van der Waals surface area contributed by atoms with Crippen molar-refractivity contribution in [3.8, 4) is 5.75 Å². The Labute approximate surface area is 150 Å². The zero-order valence-electron chi connectivity index (χ0n) is 14.3. The minimum Gasteiger partial charge on any atom is -0.435 e. The Morgan fingerprint density at radius 3 is 2.46 bits per heavy atom. The number of fused-ring (bicyclic) bond motifs is 1. The van der Waals surface area contributed by atoms with Crippen molar-refractivity contribution < 1.29 is 23.3 Å². The molecule has 4 rings (SSSR count). The third-order valence-corrected chi connectivity index (χ3v) is 5.08. The highest BCUT2D eigenvalue weighted by molar-refractivity contribution is 5.98. The van der Waals surface area contributed by atoms with Gasteiger partial charge in [0, 0.05) is 17.5 Å². The van der Waals surface area contributed by atoms with Crippen LogP contribution in [0.1, 0.15) is 30.4 Å². The minimum atomic E-state index is -2.86. The van der Waals surface area contributed by atoms with E-state index < -0.39 is 12.3 Å². The van der Waals surface area contributed by atoms with Crippen LogP contribution in [-0.2, 0) is 5.72 Å². The molecule has 6 heteroatoms. The van der Waals surface area contributed by atoms with Crippen molar-refractivity contribution in [3.05, 3.63) is 65.7 Å². The quantitative estimate of drug-likeness (QED) is 0.851. The minimum absolute atomic E-state index is 0.0908. The van der Waals surface area contributed by atoms with E-state index in [1.165, 1.54) is 12.1 Å². The molecule has 2 aromatic rings. The fourth-order valence-corrected chi connectivity index (χ4v) is 3.88. The van der Waals surface area contributed by atoms with E-state index in [1.54, 1.807) is 12.1 Å². The summed E-state index contributed by atoms with van der Waals surface area (Å²) in [5.74, 6) is 0.0908. The molecule has 1 saturated heterocycles. The summed E-state index contributed by atoms with van der Waals surface area (Å²) in [6.45, 7) is -1.24. The molecule has 2 heterocycles. The van der Waals surface area contributed by atoms with Gasteiger partial charge in [0.15, 0.2) is 6.54 Å². The van der Waals surface area contributed by atoms with Crippen LogP contribution in [-0.4, -0.2) is 40.2 Å². The maximum absolute atomic E-state index is 12.4. The highest BCUT2D eigenvalue weighted by Gasteiger charge is 2.53. The van der Waals surface area contributed by atoms with Gasteiger partial charge in [0.2, 0.25) is 11.4 Å². The van der Waals surface area contributed by atoms with E-state index in [0.29, 0.717) is 12.0 Å². The normalized spacial score (nSPS) is 22.7. The maximum Gasteiger partial charge on any atom is 0.387 e. The molecule has 0 radical (unpaired) electrons. The number of hydrogen-bond acceptors (Lipinski definition) is 3. The first-order valence-corrected chi connectivity index (χ1v) is 8.82. The smallest absolute Gasteiger partial charge is 0.387 e. The van der Waals surface area contributed by atoms with Gasteiger partial charge in [0.25, 0.3) is 0 Å². The van der Waals surface area contributed by atoms with Crippen LogP contribution in [0.4, 0.5) is 8.78 Å². The fraction of sp³-hybridized carbons (Fsp3) is 0.350. The monoisotopic (exact) mass is 359 g/mol. The molecule has 2 aliphatic heterocycles. The van der Waals surface area contributed by atoms with E-state index in [0.717, 1.165) is 37.2 Å². The summed E-state index contributed by atoms with van der Waals surface area (Å²) in [6, 6.07) is 16.3. The Kier molecular flexibility index (Phi) is 4.36.